The number of amides is 8. The summed E-state index contributed by atoms with van der Waals surface area (Å²) in [6, 6.07) is 0. The van der Waals surface area contributed by atoms with Crippen LogP contribution in [0.15, 0.2) is 0 Å². The first-order valence-corrected chi connectivity index (χ1v) is 17.8. The predicted molar refractivity (Wildman–Crippen MR) is 180 cm³/mol. The van der Waals surface area contributed by atoms with Crippen molar-refractivity contribution < 1.29 is 95.8 Å². The van der Waals surface area contributed by atoms with Crippen molar-refractivity contribution in [3.63, 3.8) is 0 Å². The molecule has 4 aliphatic heterocycles. The molecule has 4 saturated heterocycles. The van der Waals surface area contributed by atoms with Crippen LogP contribution in [0.4, 0.5) is 0 Å². The number of imide groups is 4. The number of rotatable bonds is 24. The minimum atomic E-state index is -1.05. The van der Waals surface area contributed by atoms with Crippen LogP contribution in [0.3, 0.4) is 0 Å². The quantitative estimate of drug-likeness (QED) is 0.0804. The van der Waals surface area contributed by atoms with Crippen molar-refractivity contribution in [2.75, 3.05) is 52.9 Å². The van der Waals surface area contributed by atoms with Crippen LogP contribution in [0, 0.1) is 5.41 Å². The highest BCUT2D eigenvalue weighted by molar-refractivity contribution is 6.03. The fraction of sp³-hybridized carbons (Fsp3) is 0.647. The highest BCUT2D eigenvalue weighted by Crippen LogP contribution is 2.36. The van der Waals surface area contributed by atoms with Gasteiger partial charge in [0, 0.05) is 77.8 Å². The zero-order valence-corrected chi connectivity index (χ0v) is 30.6. The SMILES string of the molecule is C.O=C(COCCC(CCOCC(=O)ON1C(=O)CCC1=O)(CCOCC(=O)ON1C(=O)CCC1=O)CCOCC(=O)ON1C(=O)CCC1=O)ON1C(=O)CCC1=O. The van der Waals surface area contributed by atoms with Gasteiger partial charge in [-0.15, -0.1) is 20.3 Å². The molecule has 0 radical (unpaired) electrons. The minimum absolute atomic E-state index is 0. The number of hydroxylamine groups is 8. The Balaban J connectivity index is 0.00000900. The van der Waals surface area contributed by atoms with E-state index in [9.17, 15) is 57.5 Å². The molecule has 24 nitrogen and oxygen atoms in total. The lowest BCUT2D eigenvalue weighted by Gasteiger charge is -2.34. The molecule has 0 atom stereocenters. The maximum atomic E-state index is 12.3. The predicted octanol–water partition coefficient (Wildman–Crippen LogP) is -1.34. The van der Waals surface area contributed by atoms with Crippen LogP contribution < -0.4 is 0 Å². The molecule has 0 saturated carbocycles. The first-order valence-electron chi connectivity index (χ1n) is 17.8. The molecule has 0 spiro atoms. The molecule has 58 heavy (non-hydrogen) atoms. The van der Waals surface area contributed by atoms with E-state index in [-0.39, 0.29) is 111 Å². The number of hydrogen-bond donors (Lipinski definition) is 0. The Morgan fingerprint density at radius 1 is 0.362 bits per heavy atom. The summed E-state index contributed by atoms with van der Waals surface area (Å²) >= 11 is 0. The highest BCUT2D eigenvalue weighted by atomic mass is 16.7. The molecule has 4 heterocycles. The van der Waals surface area contributed by atoms with Gasteiger partial charge < -0.3 is 38.3 Å². The molecule has 4 rings (SSSR count). The summed E-state index contributed by atoms with van der Waals surface area (Å²) in [7, 11) is 0. The molecule has 8 amide bonds. The van der Waals surface area contributed by atoms with Crippen molar-refractivity contribution in [3.8, 4) is 0 Å². The van der Waals surface area contributed by atoms with Crippen molar-refractivity contribution in [1.82, 2.24) is 20.3 Å². The molecule has 0 aromatic heterocycles. The zero-order chi connectivity index (χ0) is 41.5. The first-order chi connectivity index (χ1) is 27.2. The molecule has 0 unspecified atom stereocenters. The maximum absolute atomic E-state index is 12.3. The molecule has 320 valence electrons. The molecule has 0 N–H and O–H groups in total. The summed E-state index contributed by atoms with van der Waals surface area (Å²) in [5.41, 5.74) is -0.981. The van der Waals surface area contributed by atoms with Crippen LogP contribution in [-0.2, 0) is 95.8 Å². The normalized spacial score (nSPS) is 17.1. The van der Waals surface area contributed by atoms with E-state index in [0.29, 0.717) is 20.3 Å². The van der Waals surface area contributed by atoms with Gasteiger partial charge in [-0.25, -0.2) is 19.2 Å². The zero-order valence-electron chi connectivity index (χ0n) is 30.6. The van der Waals surface area contributed by atoms with Gasteiger partial charge in [0.05, 0.1) is 0 Å². The summed E-state index contributed by atoms with van der Waals surface area (Å²) in [5, 5.41) is 1.40. The van der Waals surface area contributed by atoms with Crippen LogP contribution in [0.2, 0.25) is 0 Å². The van der Waals surface area contributed by atoms with Gasteiger partial charge in [0.15, 0.2) is 0 Å². The van der Waals surface area contributed by atoms with Gasteiger partial charge >= 0.3 is 23.9 Å². The number of ether oxygens (including phenoxy) is 4. The average molecular weight is 829 g/mol. The molecular weight excluding hydrogens is 784 g/mol. The Morgan fingerprint density at radius 2 is 0.534 bits per heavy atom. The standard InChI is InChI=1S/C33H40N4O20.CH4/c38-21-1-2-22(39)34(21)54-29(46)17-50-13-9-33(10-14-51-18-30(47)55-35-23(40)3-4-24(35)41,11-15-52-19-31(48)56-36-25(42)5-6-26(36)43)12-16-53-20-32(49)57-37-27(44)7-8-28(37)45;/h1-20H2;1H4. The topological polar surface area (TPSA) is 292 Å². The van der Waals surface area contributed by atoms with Gasteiger partial charge in [-0.05, 0) is 31.1 Å². The monoisotopic (exact) mass is 828 g/mol. The van der Waals surface area contributed by atoms with E-state index in [2.05, 4.69) is 0 Å². The lowest BCUT2D eigenvalue weighted by molar-refractivity contribution is -0.201. The van der Waals surface area contributed by atoms with Crippen molar-refractivity contribution in [3.05, 3.63) is 0 Å². The molecule has 0 aromatic rings. The van der Waals surface area contributed by atoms with Crippen LogP contribution >= 0.6 is 0 Å². The molecule has 4 aliphatic rings. The van der Waals surface area contributed by atoms with Gasteiger partial charge in [0.25, 0.3) is 47.3 Å². The van der Waals surface area contributed by atoms with E-state index >= 15 is 0 Å². The van der Waals surface area contributed by atoms with Crippen molar-refractivity contribution in [2.45, 2.75) is 84.5 Å². The second-order valence-corrected chi connectivity index (χ2v) is 12.9. The van der Waals surface area contributed by atoms with Crippen molar-refractivity contribution in [2.24, 2.45) is 5.41 Å². The third-order valence-corrected chi connectivity index (χ3v) is 8.78. The molecule has 4 fully saturated rings. The Labute approximate surface area is 329 Å². The van der Waals surface area contributed by atoms with Crippen LogP contribution in [0.5, 0.6) is 0 Å². The van der Waals surface area contributed by atoms with Gasteiger partial charge in [0.1, 0.15) is 26.4 Å². The molecule has 0 aliphatic carbocycles. The molecular formula is C34H44N4O20. The second kappa shape index (κ2) is 22.3. The average Bonchev–Trinajstić information content (AvgIpc) is 3.88. The molecule has 0 bridgehead atoms. The number of hydrogen-bond acceptors (Lipinski definition) is 20. The first kappa shape index (κ1) is 46.7. The Bertz CT molecular complexity index is 1350. The molecule has 0 aromatic carbocycles. The Hall–Kier alpha value is -5.72. The summed E-state index contributed by atoms with van der Waals surface area (Å²) in [6.45, 7) is -3.46. The number of nitrogens with zero attached hydrogens (tertiary/aromatic N) is 4. The Morgan fingerprint density at radius 3 is 0.707 bits per heavy atom. The number of carbonyl (C=O) groups is 12. The van der Waals surface area contributed by atoms with Crippen LogP contribution in [0.25, 0.3) is 0 Å². The lowest BCUT2D eigenvalue weighted by Crippen LogP contribution is -2.35. The van der Waals surface area contributed by atoms with Gasteiger partial charge in [-0.1, -0.05) is 7.43 Å². The largest absolute Gasteiger partial charge is 0.370 e. The molecule has 24 heteroatoms. The van der Waals surface area contributed by atoms with E-state index in [0.717, 1.165) is 0 Å². The fourth-order valence-corrected chi connectivity index (χ4v) is 5.67. The van der Waals surface area contributed by atoms with E-state index in [4.69, 9.17) is 38.3 Å². The lowest BCUT2D eigenvalue weighted by atomic mass is 9.76. The van der Waals surface area contributed by atoms with E-state index < -0.39 is 103 Å². The van der Waals surface area contributed by atoms with Gasteiger partial charge in [-0.3, -0.25) is 38.4 Å². The van der Waals surface area contributed by atoms with Crippen molar-refractivity contribution in [1.29, 1.82) is 0 Å². The summed E-state index contributed by atoms with van der Waals surface area (Å²) in [5.74, 6) is -9.74. The smallest absolute Gasteiger partial charge is 0.358 e. The van der Waals surface area contributed by atoms with E-state index in [1.54, 1.807) is 0 Å². The summed E-state index contributed by atoms with van der Waals surface area (Å²) in [6.07, 6.45) is -0.665. The van der Waals surface area contributed by atoms with E-state index in [1.807, 2.05) is 0 Å². The van der Waals surface area contributed by atoms with Crippen molar-refractivity contribution >= 4 is 71.1 Å². The third kappa shape index (κ3) is 13.7. The van der Waals surface area contributed by atoms with Crippen LogP contribution in [-0.4, -0.2) is 144 Å². The summed E-state index contributed by atoms with van der Waals surface area (Å²) < 4.78 is 21.9. The minimum Gasteiger partial charge on any atom is -0.370 e. The second-order valence-electron chi connectivity index (χ2n) is 12.9. The van der Waals surface area contributed by atoms with E-state index in [1.165, 1.54) is 0 Å². The highest BCUT2D eigenvalue weighted by Gasteiger charge is 2.37. The third-order valence-electron chi connectivity index (χ3n) is 8.78. The maximum Gasteiger partial charge on any atom is 0.358 e. The number of carbonyl (C=O) groups excluding carboxylic acids is 12. The van der Waals surface area contributed by atoms with Gasteiger partial charge in [0.2, 0.25) is 0 Å². The van der Waals surface area contributed by atoms with Gasteiger partial charge in [-0.2, -0.15) is 0 Å². The summed E-state index contributed by atoms with van der Waals surface area (Å²) in [4.78, 5) is 163. The fourth-order valence-electron chi connectivity index (χ4n) is 5.67. The Kier molecular flexibility index (Phi) is 17.9. The van der Waals surface area contributed by atoms with Crippen LogP contribution in [0.1, 0.15) is 84.5 Å².